The van der Waals surface area contributed by atoms with Crippen molar-refractivity contribution in [2.75, 3.05) is 17.8 Å². The van der Waals surface area contributed by atoms with Gasteiger partial charge in [-0.15, -0.1) is 0 Å². The summed E-state index contributed by atoms with van der Waals surface area (Å²) in [6.45, 7) is 1.69. The zero-order chi connectivity index (χ0) is 12.7. The predicted molar refractivity (Wildman–Crippen MR) is 61.8 cm³/mol. The molecule has 0 bridgehead atoms. The number of aromatic nitrogens is 1. The number of pyridine rings is 1. The van der Waals surface area contributed by atoms with Crippen molar-refractivity contribution in [1.29, 1.82) is 0 Å². The van der Waals surface area contributed by atoms with E-state index in [2.05, 4.69) is 15.0 Å². The van der Waals surface area contributed by atoms with Crippen molar-refractivity contribution < 1.29 is 17.9 Å². The van der Waals surface area contributed by atoms with Gasteiger partial charge in [-0.25, -0.2) is 17.9 Å². The van der Waals surface area contributed by atoms with Gasteiger partial charge in [0.15, 0.2) is 0 Å². The lowest BCUT2D eigenvalue weighted by Crippen LogP contribution is -2.35. The van der Waals surface area contributed by atoms with E-state index >= 15 is 0 Å². The van der Waals surface area contributed by atoms with Gasteiger partial charge in [0.2, 0.25) is 0 Å². The zero-order valence-electron chi connectivity index (χ0n) is 9.21. The van der Waals surface area contributed by atoms with Crippen LogP contribution in [0.15, 0.2) is 24.5 Å². The maximum absolute atomic E-state index is 11.4. The van der Waals surface area contributed by atoms with Crippen LogP contribution in [-0.4, -0.2) is 32.0 Å². The van der Waals surface area contributed by atoms with Crippen molar-refractivity contribution in [3.8, 4) is 0 Å². The van der Waals surface area contributed by atoms with Gasteiger partial charge in [-0.2, -0.15) is 0 Å². The third-order valence-electron chi connectivity index (χ3n) is 1.64. The molecule has 1 aromatic heterocycles. The number of hydrogen-bond donors (Lipinski definition) is 2. The Balaban J connectivity index is 2.48. The van der Waals surface area contributed by atoms with Crippen molar-refractivity contribution in [2.24, 2.45) is 0 Å². The number of rotatable bonds is 5. The lowest BCUT2D eigenvalue weighted by atomic mass is 10.4. The Hall–Kier alpha value is -1.83. The molecule has 0 fully saturated rings. The average Bonchev–Trinajstić information content (AvgIpc) is 2.27. The number of nitrogens with one attached hydrogen (secondary N) is 2. The third kappa shape index (κ3) is 5.16. The third-order valence-corrected chi connectivity index (χ3v) is 2.64. The summed E-state index contributed by atoms with van der Waals surface area (Å²) in [5.74, 6) is -0.433. The Morgan fingerprint density at radius 2 is 2.29 bits per heavy atom. The Morgan fingerprint density at radius 1 is 1.53 bits per heavy atom. The highest BCUT2D eigenvalue weighted by Crippen LogP contribution is 2.02. The van der Waals surface area contributed by atoms with E-state index in [9.17, 15) is 13.2 Å². The molecular formula is C9H13N3O4S. The highest BCUT2D eigenvalue weighted by Gasteiger charge is 2.14. The molecule has 0 atom stereocenters. The minimum absolute atomic E-state index is 0.109. The van der Waals surface area contributed by atoms with Crippen molar-refractivity contribution in [3.05, 3.63) is 24.5 Å². The van der Waals surface area contributed by atoms with Crippen LogP contribution in [0.4, 0.5) is 10.5 Å². The molecule has 0 aromatic carbocycles. The number of anilines is 1. The minimum atomic E-state index is -3.76. The number of carbonyl (C=O) groups is 1. The molecular weight excluding hydrogens is 246 g/mol. The fourth-order valence-electron chi connectivity index (χ4n) is 0.969. The molecule has 0 aliphatic heterocycles. The predicted octanol–water partition coefficient (Wildman–Crippen LogP) is 0.527. The Kier molecular flexibility index (Phi) is 4.70. The summed E-state index contributed by atoms with van der Waals surface area (Å²) in [7, 11) is -3.76. The normalized spacial score (nSPS) is 10.6. The molecule has 0 saturated carbocycles. The molecule has 1 amide bonds. The van der Waals surface area contributed by atoms with E-state index in [1.807, 2.05) is 0 Å². The molecule has 0 radical (unpaired) electrons. The molecule has 8 heteroatoms. The lowest BCUT2D eigenvalue weighted by Gasteiger charge is -2.08. The maximum atomic E-state index is 11.4. The molecule has 1 heterocycles. The van der Waals surface area contributed by atoms with Crippen molar-refractivity contribution in [3.63, 3.8) is 0 Å². The van der Waals surface area contributed by atoms with Crippen LogP contribution in [-0.2, 0) is 14.8 Å². The molecule has 0 aliphatic rings. The number of carbonyl (C=O) groups excluding carboxylic acids is 1. The summed E-state index contributed by atoms with van der Waals surface area (Å²) in [5, 5.41) is 2.61. The second-order valence-corrected chi connectivity index (χ2v) is 4.72. The second-order valence-electron chi connectivity index (χ2n) is 3.00. The molecule has 94 valence electrons. The summed E-state index contributed by atoms with van der Waals surface area (Å²) in [6.07, 6.45) is 2.05. The molecule has 1 aromatic rings. The monoisotopic (exact) mass is 259 g/mol. The first-order valence-corrected chi connectivity index (χ1v) is 6.50. The van der Waals surface area contributed by atoms with Gasteiger partial charge in [0.1, 0.15) is 5.88 Å². The standard InChI is InChI=1S/C9H13N3O4S/c1-2-16-9(13)12-17(14,15)7-11-8-4-3-5-10-6-8/h3-6,11H,2,7H2,1H3,(H,12,13). The first kappa shape index (κ1) is 13.2. The summed E-state index contributed by atoms with van der Waals surface area (Å²) in [4.78, 5) is 14.7. The summed E-state index contributed by atoms with van der Waals surface area (Å²) in [6, 6.07) is 3.32. The largest absolute Gasteiger partial charge is 0.449 e. The Labute approximate surface area is 99.2 Å². The minimum Gasteiger partial charge on any atom is -0.449 e. The SMILES string of the molecule is CCOC(=O)NS(=O)(=O)CNc1cccnc1. The van der Waals surface area contributed by atoms with Crippen LogP contribution in [0.2, 0.25) is 0 Å². The number of nitrogens with zero attached hydrogens (tertiary/aromatic N) is 1. The van der Waals surface area contributed by atoms with Crippen molar-refractivity contribution >= 4 is 21.8 Å². The molecule has 0 spiro atoms. The van der Waals surface area contributed by atoms with Gasteiger partial charge in [-0.3, -0.25) is 4.98 Å². The van der Waals surface area contributed by atoms with Gasteiger partial charge >= 0.3 is 6.09 Å². The number of sulfonamides is 1. The highest BCUT2D eigenvalue weighted by atomic mass is 32.2. The van der Waals surface area contributed by atoms with E-state index in [4.69, 9.17) is 0 Å². The van der Waals surface area contributed by atoms with E-state index in [1.54, 1.807) is 30.0 Å². The number of amides is 1. The Bertz CT molecular complexity index is 460. The second kappa shape index (κ2) is 6.04. The van der Waals surface area contributed by atoms with E-state index in [1.165, 1.54) is 6.20 Å². The molecule has 7 nitrogen and oxygen atoms in total. The van der Waals surface area contributed by atoms with Gasteiger partial charge in [0, 0.05) is 12.4 Å². The molecule has 1 rings (SSSR count). The van der Waals surface area contributed by atoms with Crippen LogP contribution < -0.4 is 10.0 Å². The van der Waals surface area contributed by atoms with Gasteiger partial charge in [0.25, 0.3) is 10.0 Å². The molecule has 0 saturated heterocycles. The first-order valence-electron chi connectivity index (χ1n) is 4.84. The molecule has 0 unspecified atom stereocenters. The molecule has 0 aliphatic carbocycles. The van der Waals surface area contributed by atoms with Gasteiger partial charge < -0.3 is 10.1 Å². The van der Waals surface area contributed by atoms with Crippen LogP contribution in [0.25, 0.3) is 0 Å². The topological polar surface area (TPSA) is 97.4 Å². The van der Waals surface area contributed by atoms with E-state index in [0.29, 0.717) is 5.69 Å². The van der Waals surface area contributed by atoms with Crippen LogP contribution in [0.1, 0.15) is 6.92 Å². The van der Waals surface area contributed by atoms with Gasteiger partial charge in [-0.1, -0.05) is 0 Å². The maximum Gasteiger partial charge on any atom is 0.420 e. The Morgan fingerprint density at radius 3 is 2.88 bits per heavy atom. The molecule has 2 N–H and O–H groups in total. The van der Waals surface area contributed by atoms with Crippen molar-refractivity contribution in [2.45, 2.75) is 6.92 Å². The van der Waals surface area contributed by atoms with Crippen LogP contribution in [0.5, 0.6) is 0 Å². The number of hydrogen-bond acceptors (Lipinski definition) is 6. The average molecular weight is 259 g/mol. The van der Waals surface area contributed by atoms with E-state index in [-0.39, 0.29) is 6.61 Å². The van der Waals surface area contributed by atoms with Crippen molar-refractivity contribution in [1.82, 2.24) is 9.71 Å². The van der Waals surface area contributed by atoms with Gasteiger partial charge in [0.05, 0.1) is 12.3 Å². The lowest BCUT2D eigenvalue weighted by molar-refractivity contribution is 0.158. The van der Waals surface area contributed by atoms with Crippen LogP contribution in [0.3, 0.4) is 0 Å². The molecule has 17 heavy (non-hydrogen) atoms. The quantitative estimate of drug-likeness (QED) is 0.800. The highest BCUT2D eigenvalue weighted by molar-refractivity contribution is 7.90. The number of ether oxygens (including phenoxy) is 1. The fourth-order valence-corrected chi connectivity index (χ4v) is 1.71. The van der Waals surface area contributed by atoms with Crippen LogP contribution in [0, 0.1) is 0 Å². The fraction of sp³-hybridized carbons (Fsp3) is 0.333. The van der Waals surface area contributed by atoms with Crippen LogP contribution >= 0.6 is 0 Å². The first-order chi connectivity index (χ1) is 8.03. The summed E-state index contributed by atoms with van der Waals surface area (Å²) < 4.78 is 29.0. The van der Waals surface area contributed by atoms with E-state index in [0.717, 1.165) is 0 Å². The van der Waals surface area contributed by atoms with Gasteiger partial charge in [-0.05, 0) is 19.1 Å². The van der Waals surface area contributed by atoms with E-state index < -0.39 is 22.0 Å². The summed E-state index contributed by atoms with van der Waals surface area (Å²) >= 11 is 0. The zero-order valence-corrected chi connectivity index (χ0v) is 10.0. The smallest absolute Gasteiger partial charge is 0.420 e. The summed E-state index contributed by atoms with van der Waals surface area (Å²) in [5.41, 5.74) is 0.543.